The standard InChI is InChI=1S/C19H29N3O/c1-14-5-4-6-18(16(14)3)21-9-11-22(12-10-21)19(23)17-7-8-20-15(2)13-17/h4-6,15,17,20H,7-13H2,1-3H3/t15-,17-/m0/s1. The summed E-state index contributed by atoms with van der Waals surface area (Å²) in [5.74, 6) is 0.595. The van der Waals surface area contributed by atoms with Crippen LogP contribution in [-0.2, 0) is 4.79 Å². The van der Waals surface area contributed by atoms with E-state index in [1.807, 2.05) is 0 Å². The summed E-state index contributed by atoms with van der Waals surface area (Å²) < 4.78 is 0. The van der Waals surface area contributed by atoms with E-state index in [-0.39, 0.29) is 5.92 Å². The molecule has 2 aliphatic rings. The molecule has 4 nitrogen and oxygen atoms in total. The van der Waals surface area contributed by atoms with Crippen molar-refractivity contribution in [2.24, 2.45) is 5.92 Å². The number of benzene rings is 1. The van der Waals surface area contributed by atoms with E-state index in [0.29, 0.717) is 11.9 Å². The number of nitrogens with one attached hydrogen (secondary N) is 1. The average Bonchev–Trinajstić information content (AvgIpc) is 2.57. The van der Waals surface area contributed by atoms with Gasteiger partial charge in [-0.1, -0.05) is 12.1 Å². The Kier molecular flexibility index (Phi) is 4.90. The van der Waals surface area contributed by atoms with Gasteiger partial charge in [-0.3, -0.25) is 4.79 Å². The van der Waals surface area contributed by atoms with Crippen LogP contribution in [0.5, 0.6) is 0 Å². The Morgan fingerprint density at radius 1 is 1.17 bits per heavy atom. The number of piperazine rings is 1. The maximum atomic E-state index is 12.7. The average molecular weight is 315 g/mol. The zero-order valence-corrected chi connectivity index (χ0v) is 14.6. The minimum absolute atomic E-state index is 0.221. The van der Waals surface area contributed by atoms with E-state index in [9.17, 15) is 4.79 Å². The van der Waals surface area contributed by atoms with Crippen LogP contribution in [0.15, 0.2) is 18.2 Å². The summed E-state index contributed by atoms with van der Waals surface area (Å²) in [5, 5.41) is 3.43. The molecule has 2 atom stereocenters. The molecule has 1 aromatic rings. The quantitative estimate of drug-likeness (QED) is 0.910. The first-order valence-electron chi connectivity index (χ1n) is 8.89. The monoisotopic (exact) mass is 315 g/mol. The Labute approximate surface area is 139 Å². The van der Waals surface area contributed by atoms with E-state index >= 15 is 0 Å². The summed E-state index contributed by atoms with van der Waals surface area (Å²) in [6, 6.07) is 6.96. The number of anilines is 1. The lowest BCUT2D eigenvalue weighted by atomic mass is 9.92. The smallest absolute Gasteiger partial charge is 0.225 e. The molecule has 0 saturated carbocycles. The summed E-state index contributed by atoms with van der Waals surface area (Å²) in [4.78, 5) is 17.3. The zero-order valence-electron chi connectivity index (χ0n) is 14.6. The fraction of sp³-hybridized carbons (Fsp3) is 0.632. The normalized spacial score (nSPS) is 25.5. The molecule has 23 heavy (non-hydrogen) atoms. The van der Waals surface area contributed by atoms with Crippen molar-refractivity contribution in [1.29, 1.82) is 0 Å². The lowest BCUT2D eigenvalue weighted by Gasteiger charge is -2.39. The predicted octanol–water partition coefficient (Wildman–Crippen LogP) is 2.34. The summed E-state index contributed by atoms with van der Waals surface area (Å²) in [5.41, 5.74) is 4.02. The number of carbonyl (C=O) groups excluding carboxylic acids is 1. The predicted molar refractivity (Wildman–Crippen MR) is 94.9 cm³/mol. The fourth-order valence-corrected chi connectivity index (χ4v) is 3.86. The summed E-state index contributed by atoms with van der Waals surface area (Å²) in [7, 11) is 0. The van der Waals surface area contributed by atoms with Gasteiger partial charge in [0, 0.05) is 43.8 Å². The van der Waals surface area contributed by atoms with Crippen molar-refractivity contribution >= 4 is 11.6 Å². The molecular weight excluding hydrogens is 286 g/mol. The van der Waals surface area contributed by atoms with Crippen LogP contribution in [0, 0.1) is 19.8 Å². The number of carbonyl (C=O) groups is 1. The van der Waals surface area contributed by atoms with Crippen LogP contribution in [0.3, 0.4) is 0 Å². The zero-order chi connectivity index (χ0) is 16.4. The summed E-state index contributed by atoms with van der Waals surface area (Å²) in [6.07, 6.45) is 1.97. The van der Waals surface area contributed by atoms with E-state index in [2.05, 4.69) is 54.1 Å². The van der Waals surface area contributed by atoms with Gasteiger partial charge in [-0.2, -0.15) is 0 Å². The highest BCUT2D eigenvalue weighted by Gasteiger charge is 2.30. The molecule has 0 spiro atoms. The summed E-state index contributed by atoms with van der Waals surface area (Å²) in [6.45, 7) is 11.1. The Hall–Kier alpha value is -1.55. The lowest BCUT2D eigenvalue weighted by molar-refractivity contribution is -0.137. The van der Waals surface area contributed by atoms with Crippen LogP contribution in [0.2, 0.25) is 0 Å². The Bertz CT molecular complexity index is 564. The van der Waals surface area contributed by atoms with Crippen molar-refractivity contribution in [3.63, 3.8) is 0 Å². The van der Waals surface area contributed by atoms with E-state index in [1.165, 1.54) is 16.8 Å². The molecule has 4 heteroatoms. The number of hydrogen-bond acceptors (Lipinski definition) is 3. The molecule has 0 radical (unpaired) electrons. The first-order valence-corrected chi connectivity index (χ1v) is 8.89. The summed E-state index contributed by atoms with van der Waals surface area (Å²) >= 11 is 0. The molecule has 0 unspecified atom stereocenters. The van der Waals surface area contributed by atoms with Crippen LogP contribution in [-0.4, -0.2) is 49.6 Å². The second kappa shape index (κ2) is 6.91. The number of nitrogens with zero attached hydrogens (tertiary/aromatic N) is 2. The van der Waals surface area contributed by atoms with Crippen LogP contribution in [0.25, 0.3) is 0 Å². The molecule has 126 valence electrons. The first-order chi connectivity index (χ1) is 11.1. The molecule has 0 aliphatic carbocycles. The van der Waals surface area contributed by atoms with E-state index in [4.69, 9.17) is 0 Å². The van der Waals surface area contributed by atoms with Crippen molar-refractivity contribution < 1.29 is 4.79 Å². The van der Waals surface area contributed by atoms with Crippen LogP contribution < -0.4 is 10.2 Å². The number of hydrogen-bond donors (Lipinski definition) is 1. The van der Waals surface area contributed by atoms with Crippen LogP contribution in [0.4, 0.5) is 5.69 Å². The van der Waals surface area contributed by atoms with Gasteiger partial charge in [0.05, 0.1) is 0 Å². The van der Waals surface area contributed by atoms with Gasteiger partial charge < -0.3 is 15.1 Å². The van der Waals surface area contributed by atoms with E-state index in [0.717, 1.165) is 45.6 Å². The van der Waals surface area contributed by atoms with Crippen molar-refractivity contribution in [3.8, 4) is 0 Å². The number of amides is 1. The molecule has 3 rings (SSSR count). The van der Waals surface area contributed by atoms with Gasteiger partial charge in [-0.15, -0.1) is 0 Å². The third kappa shape index (κ3) is 3.52. The Morgan fingerprint density at radius 2 is 1.91 bits per heavy atom. The van der Waals surface area contributed by atoms with Crippen molar-refractivity contribution in [2.45, 2.75) is 39.7 Å². The van der Waals surface area contributed by atoms with Crippen LogP contribution >= 0.6 is 0 Å². The second-order valence-electron chi connectivity index (χ2n) is 7.11. The third-order valence-corrected chi connectivity index (χ3v) is 5.48. The molecular formula is C19H29N3O. The van der Waals surface area contributed by atoms with Crippen LogP contribution in [0.1, 0.15) is 30.9 Å². The Balaban J connectivity index is 1.60. The number of aryl methyl sites for hydroxylation is 1. The fourth-order valence-electron chi connectivity index (χ4n) is 3.86. The number of rotatable bonds is 2. The maximum absolute atomic E-state index is 12.7. The molecule has 2 fully saturated rings. The Morgan fingerprint density at radius 3 is 2.61 bits per heavy atom. The number of piperidine rings is 1. The highest BCUT2D eigenvalue weighted by Crippen LogP contribution is 2.25. The highest BCUT2D eigenvalue weighted by atomic mass is 16.2. The SMILES string of the molecule is Cc1cccc(N2CCN(C(=O)[C@H]3CCN[C@@H](C)C3)CC2)c1C. The second-order valence-corrected chi connectivity index (χ2v) is 7.11. The minimum Gasteiger partial charge on any atom is -0.368 e. The molecule has 1 N–H and O–H groups in total. The molecule has 2 aliphatic heterocycles. The molecule has 2 saturated heterocycles. The molecule has 2 heterocycles. The molecule has 1 aromatic carbocycles. The van der Waals surface area contributed by atoms with Gasteiger partial charge >= 0.3 is 0 Å². The first kappa shape index (κ1) is 16.3. The van der Waals surface area contributed by atoms with Gasteiger partial charge in [0.1, 0.15) is 0 Å². The van der Waals surface area contributed by atoms with Gasteiger partial charge in [0.25, 0.3) is 0 Å². The highest BCUT2D eigenvalue weighted by molar-refractivity contribution is 5.79. The van der Waals surface area contributed by atoms with Crippen molar-refractivity contribution in [3.05, 3.63) is 29.3 Å². The molecule has 1 amide bonds. The van der Waals surface area contributed by atoms with E-state index in [1.54, 1.807) is 0 Å². The lowest BCUT2D eigenvalue weighted by Crippen LogP contribution is -2.52. The van der Waals surface area contributed by atoms with E-state index < -0.39 is 0 Å². The van der Waals surface area contributed by atoms with Gasteiger partial charge in [0.15, 0.2) is 0 Å². The van der Waals surface area contributed by atoms with Crippen molar-refractivity contribution in [1.82, 2.24) is 10.2 Å². The minimum atomic E-state index is 0.221. The van der Waals surface area contributed by atoms with Gasteiger partial charge in [0.2, 0.25) is 5.91 Å². The maximum Gasteiger partial charge on any atom is 0.225 e. The molecule has 0 aromatic heterocycles. The van der Waals surface area contributed by atoms with Gasteiger partial charge in [-0.05, 0) is 57.4 Å². The molecule has 0 bridgehead atoms. The largest absolute Gasteiger partial charge is 0.368 e. The third-order valence-electron chi connectivity index (χ3n) is 5.48. The topological polar surface area (TPSA) is 35.6 Å². The van der Waals surface area contributed by atoms with Crippen molar-refractivity contribution in [2.75, 3.05) is 37.6 Å². The van der Waals surface area contributed by atoms with Gasteiger partial charge in [-0.25, -0.2) is 0 Å².